The molecule has 1 unspecified atom stereocenters. The van der Waals surface area contributed by atoms with Crippen molar-refractivity contribution in [2.24, 2.45) is 0 Å². The summed E-state index contributed by atoms with van der Waals surface area (Å²) in [5, 5.41) is 12.2. The second-order valence-electron chi connectivity index (χ2n) is 6.43. The van der Waals surface area contributed by atoms with E-state index >= 15 is 0 Å². The van der Waals surface area contributed by atoms with Gasteiger partial charge in [-0.2, -0.15) is 5.26 Å². The number of benzene rings is 2. The molecule has 1 saturated heterocycles. The Labute approximate surface area is 167 Å². The Morgan fingerprint density at radius 1 is 1.18 bits per heavy atom. The fourth-order valence-corrected chi connectivity index (χ4v) is 3.17. The van der Waals surface area contributed by atoms with Crippen molar-refractivity contribution in [3.05, 3.63) is 65.2 Å². The number of hydrogen-bond acceptors (Lipinski definition) is 4. The first-order valence-corrected chi connectivity index (χ1v) is 8.87. The van der Waals surface area contributed by atoms with Gasteiger partial charge in [-0.1, -0.05) is 41.9 Å². The van der Waals surface area contributed by atoms with E-state index in [1.807, 2.05) is 6.07 Å². The highest BCUT2D eigenvalue weighted by atomic mass is 35.5. The lowest BCUT2D eigenvalue weighted by Crippen LogP contribution is -2.44. The lowest BCUT2D eigenvalue weighted by Gasteiger charge is -2.24. The Hall–Kier alpha value is -3.37. The Balaban J connectivity index is 1.83. The van der Waals surface area contributed by atoms with E-state index in [0.29, 0.717) is 16.3 Å². The van der Waals surface area contributed by atoms with Crippen LogP contribution >= 0.6 is 11.6 Å². The van der Waals surface area contributed by atoms with Crippen molar-refractivity contribution < 1.29 is 14.4 Å². The van der Waals surface area contributed by atoms with Crippen LogP contribution in [0, 0.1) is 11.3 Å². The molecular formula is C20H17ClN4O3. The molecule has 7 nitrogen and oxygen atoms in total. The van der Waals surface area contributed by atoms with Gasteiger partial charge in [0.05, 0.1) is 6.07 Å². The number of anilines is 1. The van der Waals surface area contributed by atoms with Gasteiger partial charge in [0.25, 0.3) is 5.91 Å². The Kier molecular flexibility index (Phi) is 5.34. The number of hydrogen-bond donors (Lipinski definition) is 1. The number of nitriles is 1. The maximum absolute atomic E-state index is 12.9. The molecule has 0 bridgehead atoms. The molecule has 28 heavy (non-hydrogen) atoms. The van der Waals surface area contributed by atoms with E-state index in [2.05, 4.69) is 5.32 Å². The first-order chi connectivity index (χ1) is 13.4. The monoisotopic (exact) mass is 396 g/mol. The molecular weight excluding hydrogens is 380 g/mol. The van der Waals surface area contributed by atoms with Gasteiger partial charge in [-0.25, -0.2) is 4.79 Å². The van der Waals surface area contributed by atoms with Crippen LogP contribution in [0.25, 0.3) is 0 Å². The molecule has 1 atom stereocenters. The molecule has 3 rings (SSSR count). The third kappa shape index (κ3) is 3.55. The SMILES string of the molecule is CC1(c2ccc(Cl)cc2)NC(=O)N(CC(=O)N(CC#N)c2ccccc2)C1=O. The van der Waals surface area contributed by atoms with Gasteiger partial charge in [0.2, 0.25) is 5.91 Å². The topological polar surface area (TPSA) is 93.5 Å². The van der Waals surface area contributed by atoms with Gasteiger partial charge in [-0.15, -0.1) is 0 Å². The van der Waals surface area contributed by atoms with E-state index in [1.165, 1.54) is 4.90 Å². The van der Waals surface area contributed by atoms with Crippen LogP contribution < -0.4 is 10.2 Å². The van der Waals surface area contributed by atoms with Crippen LogP contribution in [0.4, 0.5) is 10.5 Å². The zero-order valence-corrected chi connectivity index (χ0v) is 15.8. The molecule has 1 N–H and O–H groups in total. The Morgan fingerprint density at radius 2 is 1.82 bits per heavy atom. The van der Waals surface area contributed by atoms with Crippen molar-refractivity contribution in [1.82, 2.24) is 10.2 Å². The van der Waals surface area contributed by atoms with Crippen molar-refractivity contribution in [1.29, 1.82) is 5.26 Å². The fourth-order valence-electron chi connectivity index (χ4n) is 3.04. The maximum Gasteiger partial charge on any atom is 0.325 e. The number of urea groups is 1. The van der Waals surface area contributed by atoms with E-state index < -0.39 is 29.9 Å². The molecule has 0 radical (unpaired) electrons. The summed E-state index contributed by atoms with van der Waals surface area (Å²) in [6.07, 6.45) is 0. The minimum atomic E-state index is -1.30. The molecule has 1 fully saturated rings. The summed E-state index contributed by atoms with van der Waals surface area (Å²) in [7, 11) is 0. The zero-order chi connectivity index (χ0) is 20.3. The van der Waals surface area contributed by atoms with Crippen molar-refractivity contribution in [3.8, 4) is 6.07 Å². The smallest absolute Gasteiger partial charge is 0.319 e. The fraction of sp³-hybridized carbons (Fsp3) is 0.200. The molecule has 2 aromatic rings. The van der Waals surface area contributed by atoms with E-state index in [0.717, 1.165) is 4.90 Å². The van der Waals surface area contributed by atoms with E-state index in [1.54, 1.807) is 61.5 Å². The number of rotatable bonds is 5. The molecule has 1 heterocycles. The van der Waals surface area contributed by atoms with Crippen LogP contribution in [-0.4, -0.2) is 35.8 Å². The van der Waals surface area contributed by atoms with Crippen molar-refractivity contribution in [3.63, 3.8) is 0 Å². The van der Waals surface area contributed by atoms with Gasteiger partial charge in [0.1, 0.15) is 18.6 Å². The summed E-state index contributed by atoms with van der Waals surface area (Å²) in [6.45, 7) is 0.913. The average molecular weight is 397 g/mol. The van der Waals surface area contributed by atoms with Crippen molar-refractivity contribution >= 4 is 35.1 Å². The number of nitrogens with zero attached hydrogens (tertiary/aromatic N) is 3. The van der Waals surface area contributed by atoms with Gasteiger partial charge >= 0.3 is 6.03 Å². The van der Waals surface area contributed by atoms with Crippen molar-refractivity contribution in [2.45, 2.75) is 12.5 Å². The second-order valence-corrected chi connectivity index (χ2v) is 6.86. The second kappa shape index (κ2) is 7.71. The molecule has 1 aliphatic rings. The summed E-state index contributed by atoms with van der Waals surface area (Å²) in [4.78, 5) is 40.2. The molecule has 1 aliphatic heterocycles. The highest BCUT2D eigenvalue weighted by Crippen LogP contribution is 2.29. The van der Waals surface area contributed by atoms with E-state index in [9.17, 15) is 14.4 Å². The Bertz CT molecular complexity index is 956. The lowest BCUT2D eigenvalue weighted by molar-refractivity contribution is -0.134. The molecule has 0 aromatic heterocycles. The maximum atomic E-state index is 12.9. The van der Waals surface area contributed by atoms with Gasteiger partial charge < -0.3 is 5.32 Å². The predicted molar refractivity (Wildman–Crippen MR) is 103 cm³/mol. The summed E-state index contributed by atoms with van der Waals surface area (Å²) in [6, 6.07) is 16.4. The number of imide groups is 1. The average Bonchev–Trinajstić information content (AvgIpc) is 2.91. The van der Waals surface area contributed by atoms with Gasteiger partial charge in [-0.05, 0) is 36.8 Å². The van der Waals surface area contributed by atoms with Gasteiger partial charge in [0, 0.05) is 10.7 Å². The van der Waals surface area contributed by atoms with Crippen molar-refractivity contribution in [2.75, 3.05) is 18.0 Å². The van der Waals surface area contributed by atoms with Crippen LogP contribution in [0.15, 0.2) is 54.6 Å². The van der Waals surface area contributed by atoms with E-state index in [4.69, 9.17) is 16.9 Å². The molecule has 0 saturated carbocycles. The number of nitrogens with one attached hydrogen (secondary N) is 1. The molecule has 142 valence electrons. The molecule has 8 heteroatoms. The van der Waals surface area contributed by atoms with Gasteiger partial charge in [-0.3, -0.25) is 19.4 Å². The Morgan fingerprint density at radius 3 is 2.43 bits per heavy atom. The van der Waals surface area contributed by atoms with Crippen LogP contribution in [0.1, 0.15) is 12.5 Å². The minimum Gasteiger partial charge on any atom is -0.319 e. The van der Waals surface area contributed by atoms with Crippen LogP contribution in [-0.2, 0) is 15.1 Å². The number of para-hydroxylation sites is 1. The highest BCUT2D eigenvalue weighted by Gasteiger charge is 2.49. The summed E-state index contributed by atoms with van der Waals surface area (Å²) in [5.41, 5.74) is -0.224. The number of halogens is 1. The zero-order valence-electron chi connectivity index (χ0n) is 15.1. The first kappa shape index (κ1) is 19.4. The highest BCUT2D eigenvalue weighted by molar-refractivity contribution is 6.30. The number of amides is 4. The normalized spacial score (nSPS) is 18.5. The predicted octanol–water partition coefficient (Wildman–Crippen LogP) is 2.66. The molecule has 0 spiro atoms. The summed E-state index contributed by atoms with van der Waals surface area (Å²) in [5.74, 6) is -1.07. The number of carbonyl (C=O) groups is 3. The third-order valence-electron chi connectivity index (χ3n) is 4.59. The first-order valence-electron chi connectivity index (χ1n) is 8.49. The van der Waals surface area contributed by atoms with Crippen LogP contribution in [0.5, 0.6) is 0 Å². The largest absolute Gasteiger partial charge is 0.325 e. The third-order valence-corrected chi connectivity index (χ3v) is 4.84. The summed E-state index contributed by atoms with van der Waals surface area (Å²) < 4.78 is 0. The standard InChI is InChI=1S/C20H17ClN4O3/c1-20(14-7-9-15(21)10-8-14)18(27)25(19(28)23-20)13-17(26)24(12-11-22)16-5-3-2-4-6-16/h2-10H,12-13H2,1H3,(H,23,28). The quantitative estimate of drug-likeness (QED) is 0.621. The molecule has 0 aliphatic carbocycles. The summed E-state index contributed by atoms with van der Waals surface area (Å²) >= 11 is 5.89. The minimum absolute atomic E-state index is 0.194. The number of carbonyl (C=O) groups excluding carboxylic acids is 3. The van der Waals surface area contributed by atoms with Crippen LogP contribution in [0.3, 0.4) is 0 Å². The molecule has 2 aromatic carbocycles. The molecule has 4 amide bonds. The van der Waals surface area contributed by atoms with E-state index in [-0.39, 0.29) is 6.54 Å². The van der Waals surface area contributed by atoms with Gasteiger partial charge in [0.15, 0.2) is 0 Å². The lowest BCUT2D eigenvalue weighted by atomic mass is 9.92. The van der Waals surface area contributed by atoms with Crippen LogP contribution in [0.2, 0.25) is 5.02 Å².